The Kier molecular flexibility index (Phi) is 8.36. The summed E-state index contributed by atoms with van der Waals surface area (Å²) >= 11 is 0. The monoisotopic (exact) mass is 513 g/mol. The van der Waals surface area contributed by atoms with E-state index in [1.807, 2.05) is 78.2 Å². The van der Waals surface area contributed by atoms with Crippen LogP contribution in [0, 0.1) is 6.92 Å². The average molecular weight is 514 g/mol. The minimum Gasteiger partial charge on any atom is -0.461 e. The van der Waals surface area contributed by atoms with Crippen LogP contribution < -0.4 is 0 Å². The van der Waals surface area contributed by atoms with Gasteiger partial charge in [-0.3, -0.25) is 0 Å². The maximum absolute atomic E-state index is 12.8. The summed E-state index contributed by atoms with van der Waals surface area (Å²) in [5.74, 6) is 0.230. The number of ether oxygens (including phenoxy) is 2. The number of aliphatic imine (C=N–C) groups is 1. The predicted octanol–water partition coefficient (Wildman–Crippen LogP) is 7.00. The van der Waals surface area contributed by atoms with Gasteiger partial charge < -0.3 is 14.0 Å². The summed E-state index contributed by atoms with van der Waals surface area (Å²) in [5.41, 5.74) is 5.72. The molecule has 37 heavy (non-hydrogen) atoms. The van der Waals surface area contributed by atoms with Crippen molar-refractivity contribution < 1.29 is 14.3 Å². The lowest BCUT2D eigenvalue weighted by molar-refractivity contribution is 0.0478. The second-order valence-corrected chi connectivity index (χ2v) is 15.9. The first-order valence-electron chi connectivity index (χ1n) is 12.7. The smallest absolute Gasteiger partial charge is 0.355 e. The van der Waals surface area contributed by atoms with E-state index in [-0.39, 0.29) is 12.7 Å². The second kappa shape index (κ2) is 11.7. The van der Waals surface area contributed by atoms with Crippen LogP contribution in [-0.2, 0) is 16.2 Å². The number of benzene rings is 2. The molecule has 0 spiro atoms. The first-order valence-corrected chi connectivity index (χ1v) is 16.4. The second-order valence-electron chi connectivity index (χ2n) is 10.3. The molecule has 0 unspecified atom stereocenters. The summed E-state index contributed by atoms with van der Waals surface area (Å²) in [6.45, 7) is 12.0. The predicted molar refractivity (Wildman–Crippen MR) is 153 cm³/mol. The van der Waals surface area contributed by atoms with Gasteiger partial charge >= 0.3 is 5.97 Å². The highest BCUT2D eigenvalue weighted by Crippen LogP contribution is 2.27. The molecule has 6 nitrogen and oxygen atoms in total. The molecular weight excluding hydrogens is 478 g/mol. The summed E-state index contributed by atoms with van der Waals surface area (Å²) < 4.78 is 13.2. The maximum Gasteiger partial charge on any atom is 0.355 e. The first-order chi connectivity index (χ1) is 17.8. The quantitative estimate of drug-likeness (QED) is 0.0991. The first kappa shape index (κ1) is 26.5. The number of aryl methyl sites for hydroxylation is 1. The number of hydrogen-bond donors (Lipinski definition) is 0. The third kappa shape index (κ3) is 6.61. The van der Waals surface area contributed by atoms with Gasteiger partial charge in [0.05, 0.1) is 23.4 Å². The fraction of sp³-hybridized carbons (Fsp3) is 0.300. The number of hydrogen-bond acceptors (Lipinski definition) is 5. The number of carbonyl (C=O) groups is 1. The molecule has 0 fully saturated rings. The molecule has 0 bridgehead atoms. The zero-order chi connectivity index (χ0) is 26.4. The molecule has 192 valence electrons. The summed E-state index contributed by atoms with van der Waals surface area (Å²) in [7, 11) is -1.22. The van der Waals surface area contributed by atoms with Crippen molar-refractivity contribution >= 4 is 36.6 Å². The number of rotatable bonds is 10. The zero-order valence-corrected chi connectivity index (χ0v) is 23.3. The van der Waals surface area contributed by atoms with Crippen LogP contribution in [0.3, 0.4) is 0 Å². The van der Waals surface area contributed by atoms with Crippen LogP contribution in [0.5, 0.6) is 0 Å². The number of carbonyl (C=O) groups excluding carboxylic acids is 1. The molecule has 4 rings (SSSR count). The Balaban J connectivity index is 1.77. The molecule has 2 aromatic heterocycles. The molecule has 0 saturated carbocycles. The third-order valence-corrected chi connectivity index (χ3v) is 7.77. The lowest BCUT2D eigenvalue weighted by Gasteiger charge is -2.16. The Morgan fingerprint density at radius 1 is 0.973 bits per heavy atom. The van der Waals surface area contributed by atoms with Gasteiger partial charge in [0.2, 0.25) is 0 Å². The largest absolute Gasteiger partial charge is 0.461 e. The van der Waals surface area contributed by atoms with Crippen molar-refractivity contribution in [1.29, 1.82) is 0 Å². The molecule has 0 N–H and O–H groups in total. The average Bonchev–Trinajstić information content (AvgIpc) is 3.23. The summed E-state index contributed by atoms with van der Waals surface area (Å²) in [6.07, 6.45) is 0. The van der Waals surface area contributed by atoms with Crippen LogP contribution in [-0.4, -0.2) is 42.5 Å². The van der Waals surface area contributed by atoms with E-state index in [4.69, 9.17) is 19.5 Å². The molecule has 0 saturated heterocycles. The van der Waals surface area contributed by atoms with E-state index < -0.39 is 8.07 Å². The fourth-order valence-corrected chi connectivity index (χ4v) is 4.77. The molecule has 0 aliphatic carbocycles. The summed E-state index contributed by atoms with van der Waals surface area (Å²) in [4.78, 5) is 22.7. The summed E-state index contributed by atoms with van der Waals surface area (Å²) in [6, 6.07) is 25.1. The van der Waals surface area contributed by atoms with E-state index in [9.17, 15) is 4.79 Å². The lowest BCUT2D eigenvalue weighted by Crippen LogP contribution is -2.22. The van der Waals surface area contributed by atoms with E-state index in [0.29, 0.717) is 30.2 Å². The van der Waals surface area contributed by atoms with Crippen LogP contribution in [0.1, 0.15) is 34.1 Å². The standard InChI is InChI=1S/C30H35N3O3Si/c1-6-36-30(34)27-20-25-26(33(27)21-35-17-18-37(3,4)5)19-22(2)29(31-25)32-28(23-13-9-7-10-14-23)24-15-11-8-12-16-24/h7-16,19-20H,6,17-18,21H2,1-5H3. The van der Waals surface area contributed by atoms with Crippen molar-refractivity contribution in [1.82, 2.24) is 9.55 Å². The van der Waals surface area contributed by atoms with Crippen molar-refractivity contribution in [2.75, 3.05) is 13.2 Å². The van der Waals surface area contributed by atoms with Gasteiger partial charge in [0.15, 0.2) is 5.82 Å². The zero-order valence-electron chi connectivity index (χ0n) is 22.3. The van der Waals surface area contributed by atoms with Gasteiger partial charge in [-0.1, -0.05) is 80.3 Å². The van der Waals surface area contributed by atoms with Crippen LogP contribution in [0.4, 0.5) is 5.82 Å². The minimum atomic E-state index is -1.22. The maximum atomic E-state index is 12.8. The Morgan fingerprint density at radius 3 is 2.16 bits per heavy atom. The molecule has 0 aliphatic heterocycles. The molecule has 0 amide bonds. The van der Waals surface area contributed by atoms with Crippen molar-refractivity contribution in [3.05, 3.63) is 95.2 Å². The van der Waals surface area contributed by atoms with Crippen LogP contribution in [0.25, 0.3) is 11.0 Å². The number of nitrogens with zero attached hydrogens (tertiary/aromatic N) is 3. The highest BCUT2D eigenvalue weighted by atomic mass is 28.3. The van der Waals surface area contributed by atoms with E-state index in [0.717, 1.165) is 34.0 Å². The van der Waals surface area contributed by atoms with E-state index in [2.05, 4.69) is 19.6 Å². The highest BCUT2D eigenvalue weighted by molar-refractivity contribution is 6.76. The van der Waals surface area contributed by atoms with Gasteiger partial charge in [-0.15, -0.1) is 0 Å². The van der Waals surface area contributed by atoms with Gasteiger partial charge in [-0.2, -0.15) is 0 Å². The van der Waals surface area contributed by atoms with Gasteiger partial charge in [-0.25, -0.2) is 14.8 Å². The van der Waals surface area contributed by atoms with Crippen molar-refractivity contribution in [2.45, 2.75) is 46.3 Å². The molecule has 2 aromatic carbocycles. The van der Waals surface area contributed by atoms with Crippen molar-refractivity contribution in [3.8, 4) is 0 Å². The van der Waals surface area contributed by atoms with E-state index >= 15 is 0 Å². The Bertz CT molecular complexity index is 1350. The molecular formula is C30H35N3O3Si. The van der Waals surface area contributed by atoms with Gasteiger partial charge in [0.1, 0.15) is 12.4 Å². The van der Waals surface area contributed by atoms with Gasteiger partial charge in [-0.05, 0) is 37.6 Å². The topological polar surface area (TPSA) is 65.7 Å². The molecule has 0 radical (unpaired) electrons. The number of fused-ring (bicyclic) bond motifs is 1. The van der Waals surface area contributed by atoms with Gasteiger partial charge in [0.25, 0.3) is 0 Å². The van der Waals surface area contributed by atoms with Crippen LogP contribution in [0.2, 0.25) is 25.7 Å². The Labute approximate surface area is 220 Å². The van der Waals surface area contributed by atoms with Crippen LogP contribution >= 0.6 is 0 Å². The third-order valence-electron chi connectivity index (χ3n) is 6.06. The van der Waals surface area contributed by atoms with Crippen LogP contribution in [0.15, 0.2) is 77.8 Å². The van der Waals surface area contributed by atoms with E-state index in [1.54, 1.807) is 13.0 Å². The SMILES string of the molecule is CCOC(=O)c1cc2nc(N=C(c3ccccc3)c3ccccc3)c(C)cc2n1COCC[Si](C)(C)C. The normalized spacial score (nSPS) is 11.5. The molecule has 2 heterocycles. The van der Waals surface area contributed by atoms with E-state index in [1.165, 1.54) is 0 Å². The lowest BCUT2D eigenvalue weighted by atomic mass is 10.0. The molecule has 0 aliphatic rings. The Hall–Kier alpha value is -3.55. The molecule has 7 heteroatoms. The molecule has 0 atom stereocenters. The number of pyridine rings is 1. The van der Waals surface area contributed by atoms with Gasteiger partial charge in [0, 0.05) is 25.8 Å². The number of aromatic nitrogens is 2. The highest BCUT2D eigenvalue weighted by Gasteiger charge is 2.20. The Morgan fingerprint density at radius 2 is 1.59 bits per heavy atom. The van der Waals surface area contributed by atoms with Crippen molar-refractivity contribution in [2.24, 2.45) is 4.99 Å². The number of esters is 1. The molecule has 4 aromatic rings. The fourth-order valence-electron chi connectivity index (χ4n) is 4.02. The summed E-state index contributed by atoms with van der Waals surface area (Å²) in [5, 5.41) is 0. The van der Waals surface area contributed by atoms with Crippen molar-refractivity contribution in [3.63, 3.8) is 0 Å². The minimum absolute atomic E-state index is 0.269.